The van der Waals surface area contributed by atoms with E-state index in [2.05, 4.69) is 0 Å². The van der Waals surface area contributed by atoms with E-state index in [1.54, 1.807) is 0 Å². The first-order chi connectivity index (χ1) is 17.6. The monoisotopic (exact) mass is 489 g/mol. The molecule has 1 aromatic heterocycles. The van der Waals surface area contributed by atoms with Gasteiger partial charge in [0.15, 0.2) is 0 Å². The second-order valence-corrected chi connectivity index (χ2v) is 9.94. The number of nitrogens with zero attached hydrogens (tertiary/aromatic N) is 2. The van der Waals surface area contributed by atoms with Gasteiger partial charge in [-0.3, -0.25) is 4.99 Å². The summed E-state index contributed by atoms with van der Waals surface area (Å²) in [5, 5.41) is 0.893. The molecular formula is C30H33F2N3O. The fourth-order valence-corrected chi connectivity index (χ4v) is 5.34. The Kier molecular flexibility index (Phi) is 7.71. The van der Waals surface area contributed by atoms with Gasteiger partial charge < -0.3 is 10.5 Å². The van der Waals surface area contributed by atoms with Gasteiger partial charge in [-0.15, -0.1) is 0 Å². The molecule has 2 aromatic carbocycles. The van der Waals surface area contributed by atoms with Crippen LogP contribution in [0.5, 0.6) is 0 Å². The molecule has 0 amide bonds. The molecule has 3 aromatic rings. The number of allylic oxidation sites excluding steroid dienone is 1. The van der Waals surface area contributed by atoms with E-state index in [1.807, 2.05) is 36.5 Å². The minimum absolute atomic E-state index is 0.159. The predicted octanol–water partition coefficient (Wildman–Crippen LogP) is 6.85. The summed E-state index contributed by atoms with van der Waals surface area (Å²) < 4.78 is 35.7. The summed E-state index contributed by atoms with van der Waals surface area (Å²) in [6.45, 7) is 1.31. The van der Waals surface area contributed by atoms with Crippen molar-refractivity contribution >= 4 is 22.7 Å². The molecule has 2 N–H and O–H groups in total. The van der Waals surface area contributed by atoms with Crippen LogP contribution >= 0.6 is 0 Å². The summed E-state index contributed by atoms with van der Waals surface area (Å²) in [4.78, 5) is 9.62. The average molecular weight is 490 g/mol. The van der Waals surface area contributed by atoms with E-state index >= 15 is 8.78 Å². The molecular weight excluding hydrogens is 456 g/mol. The van der Waals surface area contributed by atoms with E-state index < -0.39 is 11.6 Å². The number of nitrogens with two attached hydrogens (primary N) is 1. The van der Waals surface area contributed by atoms with Crippen LogP contribution in [-0.4, -0.2) is 30.5 Å². The first-order valence-electron chi connectivity index (χ1n) is 13.0. The van der Waals surface area contributed by atoms with Gasteiger partial charge in [0.2, 0.25) is 0 Å². The molecule has 0 spiro atoms. The number of halogens is 2. The third-order valence-electron chi connectivity index (χ3n) is 7.48. The Morgan fingerprint density at radius 3 is 2.47 bits per heavy atom. The van der Waals surface area contributed by atoms with Crippen molar-refractivity contribution in [1.29, 1.82) is 0 Å². The molecule has 1 aliphatic carbocycles. The zero-order chi connectivity index (χ0) is 24.9. The SMILES string of the molecule is NC=C(C=NC1CCCCC1)c1ccc2cccc(-c3cc(F)c(CC4CCOCC4)c(F)c3)c2n1. The number of aromatic nitrogens is 1. The number of fused-ring (bicyclic) bond motifs is 1. The lowest BCUT2D eigenvalue weighted by molar-refractivity contribution is 0.0660. The van der Waals surface area contributed by atoms with Crippen LogP contribution < -0.4 is 5.73 Å². The molecule has 2 fully saturated rings. The number of ether oxygens (including phenoxy) is 1. The molecule has 5 rings (SSSR count). The predicted molar refractivity (Wildman–Crippen MR) is 142 cm³/mol. The number of benzene rings is 2. The summed E-state index contributed by atoms with van der Waals surface area (Å²) in [6.07, 6.45) is 11.3. The molecule has 2 heterocycles. The van der Waals surface area contributed by atoms with Gasteiger partial charge in [0.25, 0.3) is 0 Å². The molecule has 36 heavy (non-hydrogen) atoms. The van der Waals surface area contributed by atoms with Crippen molar-refractivity contribution in [3.05, 3.63) is 71.6 Å². The van der Waals surface area contributed by atoms with Crippen LogP contribution in [-0.2, 0) is 11.2 Å². The zero-order valence-corrected chi connectivity index (χ0v) is 20.6. The van der Waals surface area contributed by atoms with Crippen LogP contribution in [0.25, 0.3) is 27.6 Å². The minimum Gasteiger partial charge on any atom is -0.404 e. The second-order valence-electron chi connectivity index (χ2n) is 9.94. The third-order valence-corrected chi connectivity index (χ3v) is 7.48. The number of rotatable bonds is 6. The molecule has 1 aliphatic heterocycles. The van der Waals surface area contributed by atoms with E-state index in [1.165, 1.54) is 37.6 Å². The fraction of sp³-hybridized carbons (Fsp3) is 0.400. The van der Waals surface area contributed by atoms with Gasteiger partial charge >= 0.3 is 0 Å². The molecule has 188 valence electrons. The quantitative estimate of drug-likeness (QED) is 0.385. The maximum Gasteiger partial charge on any atom is 0.129 e. The van der Waals surface area contributed by atoms with Crippen LogP contribution in [0.15, 0.2) is 53.7 Å². The lowest BCUT2D eigenvalue weighted by Crippen LogP contribution is -2.18. The maximum atomic E-state index is 15.2. The highest BCUT2D eigenvalue weighted by Gasteiger charge is 2.20. The fourth-order valence-electron chi connectivity index (χ4n) is 5.34. The second kappa shape index (κ2) is 11.3. The molecule has 1 saturated carbocycles. The molecule has 2 aliphatic rings. The lowest BCUT2D eigenvalue weighted by atomic mass is 9.90. The Labute approximate surface area is 211 Å². The van der Waals surface area contributed by atoms with Crippen molar-refractivity contribution in [3.8, 4) is 11.1 Å². The van der Waals surface area contributed by atoms with Crippen LogP contribution in [0.3, 0.4) is 0 Å². The standard InChI is InChI=1S/C30H33F2N3O/c31-27-16-22(17-28(32)26(27)15-20-11-13-36-14-12-20)25-8-4-5-21-9-10-29(35-30(21)25)23(18-33)19-34-24-6-2-1-3-7-24/h4-5,8-10,16-20,24H,1-3,6-7,11-15,33H2. The first-order valence-corrected chi connectivity index (χ1v) is 13.0. The van der Waals surface area contributed by atoms with Crippen LogP contribution in [0.4, 0.5) is 8.78 Å². The highest BCUT2D eigenvalue weighted by molar-refractivity contribution is 6.09. The molecule has 0 bridgehead atoms. The molecule has 0 radical (unpaired) electrons. The van der Waals surface area contributed by atoms with Crippen molar-refractivity contribution < 1.29 is 13.5 Å². The Morgan fingerprint density at radius 1 is 1.00 bits per heavy atom. The van der Waals surface area contributed by atoms with E-state index in [0.717, 1.165) is 36.6 Å². The maximum absolute atomic E-state index is 15.2. The summed E-state index contributed by atoms with van der Waals surface area (Å²) in [7, 11) is 0. The average Bonchev–Trinajstić information content (AvgIpc) is 2.92. The van der Waals surface area contributed by atoms with Gasteiger partial charge in [-0.2, -0.15) is 0 Å². The topological polar surface area (TPSA) is 60.5 Å². The van der Waals surface area contributed by atoms with Crippen molar-refractivity contribution in [1.82, 2.24) is 4.98 Å². The summed E-state index contributed by atoms with van der Waals surface area (Å²) >= 11 is 0. The van der Waals surface area contributed by atoms with E-state index in [4.69, 9.17) is 20.4 Å². The third kappa shape index (κ3) is 5.49. The van der Waals surface area contributed by atoms with Crippen LogP contribution in [0.2, 0.25) is 0 Å². The Bertz CT molecular complexity index is 1250. The lowest BCUT2D eigenvalue weighted by Gasteiger charge is -2.22. The van der Waals surface area contributed by atoms with Gasteiger partial charge in [0.05, 0.1) is 11.2 Å². The summed E-state index contributed by atoms with van der Waals surface area (Å²) in [5.41, 5.74) is 9.37. The highest BCUT2D eigenvalue weighted by Crippen LogP contribution is 2.32. The number of hydrogen-bond acceptors (Lipinski definition) is 4. The Hall–Kier alpha value is -3.12. The van der Waals surface area contributed by atoms with Crippen LogP contribution in [0, 0.1) is 17.6 Å². The molecule has 6 heteroatoms. The van der Waals surface area contributed by atoms with Gasteiger partial charge in [-0.25, -0.2) is 13.8 Å². The van der Waals surface area contributed by atoms with E-state index in [9.17, 15) is 0 Å². The smallest absolute Gasteiger partial charge is 0.129 e. The molecule has 4 nitrogen and oxygen atoms in total. The highest BCUT2D eigenvalue weighted by atomic mass is 19.1. The van der Waals surface area contributed by atoms with Crippen molar-refractivity contribution in [2.24, 2.45) is 16.6 Å². The largest absolute Gasteiger partial charge is 0.404 e. The normalized spacial score (nSPS) is 18.3. The Balaban J connectivity index is 1.46. The van der Waals surface area contributed by atoms with Gasteiger partial charge in [0, 0.05) is 53.8 Å². The van der Waals surface area contributed by atoms with Gasteiger partial charge in [0.1, 0.15) is 11.6 Å². The number of para-hydroxylation sites is 1. The molecule has 0 unspecified atom stereocenters. The number of aliphatic imine (C=N–C) groups is 1. The van der Waals surface area contributed by atoms with E-state index in [0.29, 0.717) is 48.0 Å². The Morgan fingerprint density at radius 2 is 1.75 bits per heavy atom. The van der Waals surface area contributed by atoms with Crippen molar-refractivity contribution in [3.63, 3.8) is 0 Å². The van der Waals surface area contributed by atoms with Gasteiger partial charge in [-0.1, -0.05) is 43.5 Å². The van der Waals surface area contributed by atoms with Gasteiger partial charge in [-0.05, 0) is 61.8 Å². The number of pyridine rings is 1. The summed E-state index contributed by atoms with van der Waals surface area (Å²) in [5.74, 6) is -0.772. The first kappa shape index (κ1) is 24.6. The number of hydrogen-bond donors (Lipinski definition) is 1. The molecule has 0 atom stereocenters. The minimum atomic E-state index is -0.508. The van der Waals surface area contributed by atoms with Crippen molar-refractivity contribution in [2.45, 2.75) is 57.4 Å². The zero-order valence-electron chi connectivity index (χ0n) is 20.6. The summed E-state index contributed by atoms with van der Waals surface area (Å²) in [6, 6.07) is 12.8. The van der Waals surface area contributed by atoms with E-state index in [-0.39, 0.29) is 11.5 Å². The molecule has 1 saturated heterocycles. The van der Waals surface area contributed by atoms with Crippen LogP contribution in [0.1, 0.15) is 56.2 Å². The van der Waals surface area contributed by atoms with Crippen molar-refractivity contribution in [2.75, 3.05) is 13.2 Å².